The molecule has 3 N–H and O–H groups in total. The van der Waals surface area contributed by atoms with E-state index < -0.39 is 52.3 Å². The van der Waals surface area contributed by atoms with Crippen molar-refractivity contribution in [1.82, 2.24) is 14.9 Å². The third-order valence-electron chi connectivity index (χ3n) is 4.99. The highest BCUT2D eigenvalue weighted by Gasteiger charge is 2.32. The van der Waals surface area contributed by atoms with Gasteiger partial charge in [0.15, 0.2) is 0 Å². The molecular weight excluding hydrogens is 427 g/mol. The summed E-state index contributed by atoms with van der Waals surface area (Å²) in [6.07, 6.45) is -0.346. The van der Waals surface area contributed by atoms with E-state index >= 15 is 0 Å². The van der Waals surface area contributed by atoms with Crippen molar-refractivity contribution in [2.24, 2.45) is 0 Å². The van der Waals surface area contributed by atoms with Crippen LogP contribution in [0.3, 0.4) is 0 Å². The Labute approximate surface area is 180 Å². The molecule has 1 aromatic heterocycles. The van der Waals surface area contributed by atoms with Crippen LogP contribution in [0.5, 0.6) is 0 Å². The van der Waals surface area contributed by atoms with Gasteiger partial charge in [0.05, 0.1) is 22.5 Å². The predicted octanol–water partition coefficient (Wildman–Crippen LogP) is 2.69. The van der Waals surface area contributed by atoms with E-state index in [-0.39, 0.29) is 22.9 Å². The molecule has 32 heavy (non-hydrogen) atoms. The van der Waals surface area contributed by atoms with Crippen LogP contribution in [0, 0.1) is 17.5 Å². The number of fused-ring (bicyclic) bond motifs is 1. The quantitative estimate of drug-likeness (QED) is 0.538. The van der Waals surface area contributed by atoms with Crippen LogP contribution in [0.2, 0.25) is 0 Å². The minimum atomic E-state index is -1.50. The van der Waals surface area contributed by atoms with Crippen LogP contribution in [0.15, 0.2) is 46.0 Å². The molecule has 0 saturated heterocycles. The standard InChI is InChI=1S/C22H22F3N3O4/c1-11(14-6-4-13(24)9-16(14)25)26-19(29)18(10-22(2,3)32)28-20(30)15-8-12(23)5-7-17(15)27-21(28)31/h4-9,11,18,32H,10H2,1-3H3,(H,26,29)(H,27,31)/t11-,18-/m1/s1. The fourth-order valence-corrected chi connectivity index (χ4v) is 3.50. The Hall–Kier alpha value is -3.40. The van der Waals surface area contributed by atoms with E-state index in [1.54, 1.807) is 0 Å². The molecule has 170 valence electrons. The second-order valence-corrected chi connectivity index (χ2v) is 8.22. The lowest BCUT2D eigenvalue weighted by Gasteiger charge is -2.27. The number of aromatic amines is 1. The SMILES string of the molecule is C[C@@H](NC(=O)[C@@H](CC(C)(C)O)n1c(=O)[nH]c2ccc(F)cc2c1=O)c1ccc(F)cc1F. The second kappa shape index (κ2) is 8.62. The highest BCUT2D eigenvalue weighted by Crippen LogP contribution is 2.23. The van der Waals surface area contributed by atoms with E-state index in [0.717, 1.165) is 18.2 Å². The maximum Gasteiger partial charge on any atom is 0.329 e. The summed E-state index contributed by atoms with van der Waals surface area (Å²) in [5.74, 6) is -3.23. The molecule has 3 rings (SSSR count). The van der Waals surface area contributed by atoms with E-state index in [2.05, 4.69) is 10.3 Å². The van der Waals surface area contributed by atoms with Crippen LogP contribution in [-0.2, 0) is 4.79 Å². The molecule has 2 aromatic carbocycles. The van der Waals surface area contributed by atoms with Crippen LogP contribution in [0.25, 0.3) is 10.9 Å². The third kappa shape index (κ3) is 4.91. The summed E-state index contributed by atoms with van der Waals surface area (Å²) in [6, 6.07) is 3.65. The maximum atomic E-state index is 14.1. The number of rotatable bonds is 6. The molecule has 7 nitrogen and oxygen atoms in total. The first-order chi connectivity index (χ1) is 14.9. The fraction of sp³-hybridized carbons (Fsp3) is 0.318. The largest absolute Gasteiger partial charge is 0.390 e. The van der Waals surface area contributed by atoms with E-state index in [0.29, 0.717) is 10.6 Å². The molecule has 0 bridgehead atoms. The minimum Gasteiger partial charge on any atom is -0.390 e. The smallest absolute Gasteiger partial charge is 0.329 e. The first-order valence-corrected chi connectivity index (χ1v) is 9.79. The molecule has 0 aliphatic carbocycles. The number of carbonyl (C=O) groups excluding carboxylic acids is 1. The number of amides is 1. The van der Waals surface area contributed by atoms with Gasteiger partial charge in [-0.1, -0.05) is 6.07 Å². The second-order valence-electron chi connectivity index (χ2n) is 8.22. The summed E-state index contributed by atoms with van der Waals surface area (Å²) in [6.45, 7) is 4.21. The summed E-state index contributed by atoms with van der Waals surface area (Å²) in [5, 5.41) is 12.6. The number of hydrogen-bond donors (Lipinski definition) is 3. The Balaban J connectivity index is 2.06. The number of carbonyl (C=O) groups is 1. The van der Waals surface area contributed by atoms with E-state index in [1.807, 2.05) is 0 Å². The lowest BCUT2D eigenvalue weighted by Crippen LogP contribution is -2.47. The number of halogens is 3. The molecule has 1 heterocycles. The van der Waals surface area contributed by atoms with Crippen molar-refractivity contribution < 1.29 is 23.1 Å². The van der Waals surface area contributed by atoms with Gasteiger partial charge >= 0.3 is 5.69 Å². The van der Waals surface area contributed by atoms with Crippen LogP contribution in [0.4, 0.5) is 13.2 Å². The molecular formula is C22H22F3N3O4. The fourth-order valence-electron chi connectivity index (χ4n) is 3.50. The van der Waals surface area contributed by atoms with Crippen molar-refractivity contribution in [2.45, 2.75) is 44.9 Å². The Bertz CT molecular complexity index is 1290. The Kier molecular flexibility index (Phi) is 6.27. The van der Waals surface area contributed by atoms with Crippen LogP contribution in [0.1, 0.15) is 44.8 Å². The Morgan fingerprint density at radius 1 is 1.12 bits per heavy atom. The van der Waals surface area contributed by atoms with Gasteiger partial charge in [-0.15, -0.1) is 0 Å². The molecule has 0 saturated carbocycles. The molecule has 1 amide bonds. The topological polar surface area (TPSA) is 104 Å². The highest BCUT2D eigenvalue weighted by molar-refractivity contribution is 5.82. The zero-order valence-corrected chi connectivity index (χ0v) is 17.6. The normalized spacial score (nSPS) is 13.7. The van der Waals surface area contributed by atoms with Gasteiger partial charge in [0, 0.05) is 18.1 Å². The first kappa shape index (κ1) is 23.3. The van der Waals surface area contributed by atoms with Gasteiger partial charge in [-0.05, 0) is 45.0 Å². The molecule has 0 unspecified atom stereocenters. The molecule has 2 atom stereocenters. The van der Waals surface area contributed by atoms with Crippen LogP contribution < -0.4 is 16.6 Å². The minimum absolute atomic E-state index is 0.0106. The third-order valence-corrected chi connectivity index (χ3v) is 4.99. The van der Waals surface area contributed by atoms with Gasteiger partial charge in [0.25, 0.3) is 5.56 Å². The van der Waals surface area contributed by atoms with E-state index in [9.17, 15) is 32.7 Å². The predicted molar refractivity (Wildman–Crippen MR) is 112 cm³/mol. The monoisotopic (exact) mass is 449 g/mol. The van der Waals surface area contributed by atoms with Crippen molar-refractivity contribution in [3.8, 4) is 0 Å². The maximum absolute atomic E-state index is 14.1. The Morgan fingerprint density at radius 3 is 2.38 bits per heavy atom. The van der Waals surface area contributed by atoms with E-state index in [4.69, 9.17) is 0 Å². The number of H-pyrrole nitrogens is 1. The lowest BCUT2D eigenvalue weighted by molar-refractivity contribution is -0.127. The first-order valence-electron chi connectivity index (χ1n) is 9.79. The van der Waals surface area contributed by atoms with Gasteiger partial charge in [-0.3, -0.25) is 9.59 Å². The van der Waals surface area contributed by atoms with Crippen molar-refractivity contribution in [2.75, 3.05) is 0 Å². The number of aliphatic hydroxyl groups is 1. The van der Waals surface area contributed by atoms with Crippen LogP contribution in [-0.4, -0.2) is 26.2 Å². The summed E-state index contributed by atoms with van der Waals surface area (Å²) in [5.41, 5.74) is -3.26. The van der Waals surface area contributed by atoms with Crippen molar-refractivity contribution in [3.63, 3.8) is 0 Å². The molecule has 0 radical (unpaired) electrons. The zero-order chi connectivity index (χ0) is 23.8. The van der Waals surface area contributed by atoms with Gasteiger partial charge in [-0.25, -0.2) is 22.5 Å². The summed E-state index contributed by atoms with van der Waals surface area (Å²) in [4.78, 5) is 41.2. The number of benzene rings is 2. The molecule has 0 aliphatic rings. The summed E-state index contributed by atoms with van der Waals surface area (Å²) >= 11 is 0. The van der Waals surface area contributed by atoms with Crippen molar-refractivity contribution in [3.05, 3.63) is 80.3 Å². The highest BCUT2D eigenvalue weighted by atomic mass is 19.1. The molecule has 0 aliphatic heterocycles. The van der Waals surface area contributed by atoms with Crippen molar-refractivity contribution in [1.29, 1.82) is 0 Å². The number of nitrogens with one attached hydrogen (secondary N) is 2. The Morgan fingerprint density at radius 2 is 1.75 bits per heavy atom. The lowest BCUT2D eigenvalue weighted by atomic mass is 9.97. The van der Waals surface area contributed by atoms with Gasteiger partial charge in [0.1, 0.15) is 23.5 Å². The molecule has 0 spiro atoms. The van der Waals surface area contributed by atoms with E-state index in [1.165, 1.54) is 32.9 Å². The van der Waals surface area contributed by atoms with Gasteiger partial charge in [0.2, 0.25) is 5.91 Å². The summed E-state index contributed by atoms with van der Waals surface area (Å²) < 4.78 is 41.6. The average molecular weight is 449 g/mol. The number of aromatic nitrogens is 2. The van der Waals surface area contributed by atoms with Gasteiger partial charge in [-0.2, -0.15) is 0 Å². The molecule has 0 fully saturated rings. The number of nitrogens with zero attached hydrogens (tertiary/aromatic N) is 1. The molecule has 10 heteroatoms. The number of hydrogen-bond acceptors (Lipinski definition) is 4. The van der Waals surface area contributed by atoms with Crippen molar-refractivity contribution >= 4 is 16.8 Å². The average Bonchev–Trinajstić information content (AvgIpc) is 2.66. The summed E-state index contributed by atoms with van der Waals surface area (Å²) in [7, 11) is 0. The van der Waals surface area contributed by atoms with Crippen LogP contribution >= 0.6 is 0 Å². The zero-order valence-electron chi connectivity index (χ0n) is 17.6. The van der Waals surface area contributed by atoms with Gasteiger partial charge < -0.3 is 15.4 Å². The molecule has 3 aromatic rings.